The summed E-state index contributed by atoms with van der Waals surface area (Å²) in [5, 5.41) is 4.09. The maximum Gasteiger partial charge on any atom is 0.272 e. The van der Waals surface area contributed by atoms with E-state index in [2.05, 4.69) is 5.10 Å². The molecule has 2 aromatic heterocycles. The van der Waals surface area contributed by atoms with Crippen LogP contribution in [-0.4, -0.2) is 55.1 Å². The molecule has 2 aliphatic rings. The minimum Gasteiger partial charge on any atom is -0.337 e. The van der Waals surface area contributed by atoms with Crippen LogP contribution in [0.3, 0.4) is 0 Å². The fraction of sp³-hybridized carbons (Fsp3) is 0.286. The first-order valence-corrected chi connectivity index (χ1v) is 9.52. The Morgan fingerprint density at radius 3 is 2.62 bits per heavy atom. The Morgan fingerprint density at radius 1 is 1.14 bits per heavy atom. The number of rotatable bonds is 3. The topological polar surface area (TPSA) is 63.4 Å². The van der Waals surface area contributed by atoms with Crippen LogP contribution in [0.5, 0.6) is 0 Å². The van der Waals surface area contributed by atoms with Crippen LogP contribution in [0.1, 0.15) is 32.6 Å². The number of fused-ring (bicyclic) bond motifs is 3. The largest absolute Gasteiger partial charge is 0.337 e. The number of aryl methyl sites for hydroxylation is 1. The lowest BCUT2D eigenvalue weighted by atomic mass is 10.0. The lowest BCUT2D eigenvalue weighted by Gasteiger charge is -2.38. The molecule has 0 saturated carbocycles. The highest BCUT2D eigenvalue weighted by Crippen LogP contribution is 2.35. The molecule has 4 heterocycles. The molecule has 29 heavy (non-hydrogen) atoms. The van der Waals surface area contributed by atoms with E-state index in [0.29, 0.717) is 31.0 Å². The van der Waals surface area contributed by atoms with Gasteiger partial charge in [-0.1, -0.05) is 12.1 Å². The van der Waals surface area contributed by atoms with Crippen molar-refractivity contribution in [1.29, 1.82) is 0 Å². The number of nitrogens with zero attached hydrogens (tertiary/aromatic N) is 5. The molecule has 0 N–H and O–H groups in total. The number of likely N-dealkylation sites (tertiary alicyclic amines) is 1. The molecule has 3 aromatic rings. The van der Waals surface area contributed by atoms with Crippen LogP contribution in [-0.2, 0) is 13.6 Å². The Bertz CT molecular complexity index is 1090. The molecule has 2 aliphatic heterocycles. The van der Waals surface area contributed by atoms with E-state index in [4.69, 9.17) is 0 Å². The van der Waals surface area contributed by atoms with E-state index >= 15 is 0 Å². The van der Waals surface area contributed by atoms with Crippen molar-refractivity contribution in [2.75, 3.05) is 13.1 Å². The standard InChI is InChI=1S/C21H20FN5O2/c1-24-16(8-9-23-24)20(28)25-12-18-19(13-25)27(11-14-4-6-15(22)7-5-14)21(29)17-3-2-10-26(17)18/h2-10,18-19H,11-13H2,1H3/t18-,19+/m0/s1. The van der Waals surface area contributed by atoms with Gasteiger partial charge in [-0.25, -0.2) is 4.39 Å². The highest BCUT2D eigenvalue weighted by molar-refractivity contribution is 5.95. The fourth-order valence-electron chi connectivity index (χ4n) is 4.40. The van der Waals surface area contributed by atoms with Crippen molar-refractivity contribution in [3.63, 3.8) is 0 Å². The first kappa shape index (κ1) is 17.7. The van der Waals surface area contributed by atoms with Crippen molar-refractivity contribution in [2.24, 2.45) is 7.05 Å². The highest BCUT2D eigenvalue weighted by Gasteiger charge is 2.46. The average Bonchev–Trinajstić information content (AvgIpc) is 3.44. The summed E-state index contributed by atoms with van der Waals surface area (Å²) in [7, 11) is 1.74. The number of aromatic nitrogens is 3. The van der Waals surface area contributed by atoms with Crippen LogP contribution in [0.25, 0.3) is 0 Å². The Labute approximate surface area is 166 Å². The van der Waals surface area contributed by atoms with Crippen LogP contribution in [0, 0.1) is 5.82 Å². The molecule has 7 nitrogen and oxygen atoms in total. The molecule has 1 aromatic carbocycles. The molecule has 0 aliphatic carbocycles. The van der Waals surface area contributed by atoms with Gasteiger partial charge in [-0.05, 0) is 35.9 Å². The van der Waals surface area contributed by atoms with Crippen molar-refractivity contribution < 1.29 is 14.0 Å². The molecule has 148 valence electrons. The van der Waals surface area contributed by atoms with Crippen molar-refractivity contribution in [3.8, 4) is 0 Å². The first-order valence-electron chi connectivity index (χ1n) is 9.52. The second-order valence-corrected chi connectivity index (χ2v) is 7.55. The van der Waals surface area contributed by atoms with Crippen molar-refractivity contribution in [2.45, 2.75) is 18.6 Å². The summed E-state index contributed by atoms with van der Waals surface area (Å²) in [5.74, 6) is -0.475. The van der Waals surface area contributed by atoms with E-state index in [9.17, 15) is 14.0 Å². The molecule has 5 rings (SSSR count). The molecule has 1 saturated heterocycles. The summed E-state index contributed by atoms with van der Waals surface area (Å²) in [6, 6.07) is 11.4. The van der Waals surface area contributed by atoms with Gasteiger partial charge in [0.2, 0.25) is 0 Å². The van der Waals surface area contributed by atoms with Gasteiger partial charge in [-0.2, -0.15) is 5.10 Å². The predicted molar refractivity (Wildman–Crippen MR) is 103 cm³/mol. The Balaban J connectivity index is 1.47. The van der Waals surface area contributed by atoms with Gasteiger partial charge >= 0.3 is 0 Å². The van der Waals surface area contributed by atoms with Gasteiger partial charge in [-0.3, -0.25) is 14.3 Å². The van der Waals surface area contributed by atoms with Gasteiger partial charge in [0.1, 0.15) is 17.2 Å². The third kappa shape index (κ3) is 2.83. The van der Waals surface area contributed by atoms with Crippen molar-refractivity contribution in [3.05, 3.63) is 77.6 Å². The minimum atomic E-state index is -0.306. The molecule has 0 radical (unpaired) electrons. The maximum atomic E-state index is 13.3. The van der Waals surface area contributed by atoms with Gasteiger partial charge in [-0.15, -0.1) is 0 Å². The Hall–Kier alpha value is -3.42. The Kier molecular flexibility index (Phi) is 4.01. The summed E-state index contributed by atoms with van der Waals surface area (Å²) in [4.78, 5) is 29.8. The number of carbonyl (C=O) groups is 2. The smallest absolute Gasteiger partial charge is 0.272 e. The third-order valence-electron chi connectivity index (χ3n) is 5.87. The molecule has 0 spiro atoms. The van der Waals surface area contributed by atoms with Gasteiger partial charge in [0.15, 0.2) is 0 Å². The third-order valence-corrected chi connectivity index (χ3v) is 5.87. The molecule has 0 bridgehead atoms. The van der Waals surface area contributed by atoms with Crippen molar-refractivity contribution >= 4 is 11.8 Å². The highest BCUT2D eigenvalue weighted by atomic mass is 19.1. The van der Waals surface area contributed by atoms with Crippen LogP contribution >= 0.6 is 0 Å². The van der Waals surface area contributed by atoms with Crippen LogP contribution in [0.15, 0.2) is 54.9 Å². The van der Waals surface area contributed by atoms with Gasteiger partial charge < -0.3 is 14.4 Å². The van der Waals surface area contributed by atoms with E-state index in [1.54, 1.807) is 41.0 Å². The monoisotopic (exact) mass is 393 g/mol. The van der Waals surface area contributed by atoms with Crippen LogP contribution in [0.4, 0.5) is 4.39 Å². The van der Waals surface area contributed by atoms with Gasteiger partial charge in [0.05, 0.1) is 12.1 Å². The van der Waals surface area contributed by atoms with E-state index < -0.39 is 0 Å². The zero-order chi connectivity index (χ0) is 20.1. The van der Waals surface area contributed by atoms with Gasteiger partial charge in [0, 0.05) is 39.1 Å². The molecular formula is C21H20FN5O2. The molecule has 1 fully saturated rings. The number of carbonyl (C=O) groups excluding carboxylic acids is 2. The summed E-state index contributed by atoms with van der Waals surface area (Å²) in [6.45, 7) is 1.34. The quantitative estimate of drug-likeness (QED) is 0.685. The second kappa shape index (κ2) is 6.58. The summed E-state index contributed by atoms with van der Waals surface area (Å²) >= 11 is 0. The zero-order valence-corrected chi connectivity index (χ0v) is 15.9. The van der Waals surface area contributed by atoms with Gasteiger partial charge in [0.25, 0.3) is 11.8 Å². The minimum absolute atomic E-state index is 0.0182. The van der Waals surface area contributed by atoms with E-state index in [0.717, 1.165) is 5.56 Å². The number of amides is 2. The van der Waals surface area contributed by atoms with Crippen molar-refractivity contribution in [1.82, 2.24) is 24.1 Å². The summed E-state index contributed by atoms with van der Waals surface area (Å²) in [6.07, 6.45) is 3.50. The number of hydrogen-bond donors (Lipinski definition) is 0. The van der Waals surface area contributed by atoms with Crippen LogP contribution in [0.2, 0.25) is 0 Å². The molecule has 0 unspecified atom stereocenters. The first-order chi connectivity index (χ1) is 14.0. The van der Waals surface area contributed by atoms with E-state index in [-0.39, 0.29) is 29.7 Å². The van der Waals surface area contributed by atoms with E-state index in [1.807, 2.05) is 27.8 Å². The second-order valence-electron chi connectivity index (χ2n) is 7.55. The fourth-order valence-corrected chi connectivity index (χ4v) is 4.40. The lowest BCUT2D eigenvalue weighted by Crippen LogP contribution is -2.49. The number of halogens is 1. The molecular weight excluding hydrogens is 373 g/mol. The summed E-state index contributed by atoms with van der Waals surface area (Å²) < 4.78 is 16.8. The number of hydrogen-bond acceptors (Lipinski definition) is 3. The van der Waals surface area contributed by atoms with E-state index in [1.165, 1.54) is 12.1 Å². The summed E-state index contributed by atoms with van der Waals surface area (Å²) in [5.41, 5.74) is 1.99. The Morgan fingerprint density at radius 2 is 1.90 bits per heavy atom. The SMILES string of the molecule is Cn1nccc1C(=O)N1C[C@@H]2[C@H](C1)n1cccc1C(=O)N2Cc1ccc(F)cc1. The molecule has 2 amide bonds. The predicted octanol–water partition coefficient (Wildman–Crippen LogP) is 2.08. The number of benzene rings is 1. The lowest BCUT2D eigenvalue weighted by molar-refractivity contribution is 0.0550. The molecule has 8 heteroatoms. The normalized spacial score (nSPS) is 20.7. The average molecular weight is 393 g/mol. The molecule has 2 atom stereocenters. The van der Waals surface area contributed by atoms with Crippen LogP contribution < -0.4 is 0 Å². The zero-order valence-electron chi connectivity index (χ0n) is 15.9. The maximum absolute atomic E-state index is 13.3.